The topological polar surface area (TPSA) is 235 Å². The highest BCUT2D eigenvalue weighted by molar-refractivity contribution is 7.80. The molecule has 0 fully saturated rings. The van der Waals surface area contributed by atoms with Gasteiger partial charge in [0, 0.05) is 12.3 Å². The SMILES string of the molecule is CC(C)C(NC(=O)C(CCCN=C(N)N)NC(=O)C(N)CO)C(=O)NC(CS)C(=O)O. The molecule has 4 atom stereocenters. The third kappa shape index (κ3) is 10.8. The molecule has 14 heteroatoms. The molecule has 0 aromatic heterocycles. The number of carbonyl (C=O) groups excluding carboxylic acids is 3. The number of aliphatic imine (C=N–C) groups is 1. The minimum atomic E-state index is -1.26. The first kappa shape index (κ1) is 28.4. The standard InChI is InChI=1S/C17H33N7O6S/c1-8(2)12(15(28)23-11(7-31)16(29)30)24-14(27)10(4-3-5-21-17(19)20)22-13(26)9(18)6-25/h8-12,25,31H,3-7,18H2,1-2H3,(H,22,26)(H,23,28)(H,24,27)(H,29,30)(H4,19,20,21). The second-order valence-electron chi connectivity index (χ2n) is 7.11. The van der Waals surface area contributed by atoms with Crippen LogP contribution < -0.4 is 33.2 Å². The number of guanidine groups is 1. The van der Waals surface area contributed by atoms with Gasteiger partial charge in [-0.25, -0.2) is 4.79 Å². The van der Waals surface area contributed by atoms with Gasteiger partial charge in [0.15, 0.2) is 5.96 Å². The van der Waals surface area contributed by atoms with E-state index >= 15 is 0 Å². The van der Waals surface area contributed by atoms with E-state index in [1.807, 2.05) is 0 Å². The summed E-state index contributed by atoms with van der Waals surface area (Å²) in [5, 5.41) is 25.4. The quantitative estimate of drug-likeness (QED) is 0.0536. The van der Waals surface area contributed by atoms with Crippen LogP contribution in [-0.2, 0) is 19.2 Å². The number of aliphatic carboxylic acids is 1. The lowest BCUT2D eigenvalue weighted by Crippen LogP contribution is -2.58. The monoisotopic (exact) mass is 463 g/mol. The van der Waals surface area contributed by atoms with Crippen LogP contribution in [0, 0.1) is 5.92 Å². The number of carbonyl (C=O) groups is 4. The first-order valence-corrected chi connectivity index (χ1v) is 10.2. The maximum Gasteiger partial charge on any atom is 0.327 e. The van der Waals surface area contributed by atoms with Gasteiger partial charge in [0.05, 0.1) is 6.61 Å². The largest absolute Gasteiger partial charge is 0.480 e. The van der Waals surface area contributed by atoms with Gasteiger partial charge in [-0.3, -0.25) is 19.4 Å². The molecule has 0 bridgehead atoms. The Bertz CT molecular complexity index is 657. The fraction of sp³-hybridized carbons (Fsp3) is 0.706. The number of carboxylic acids is 1. The highest BCUT2D eigenvalue weighted by atomic mass is 32.1. The maximum atomic E-state index is 12.8. The number of aliphatic hydroxyl groups excluding tert-OH is 1. The summed E-state index contributed by atoms with van der Waals surface area (Å²) < 4.78 is 0. The van der Waals surface area contributed by atoms with Crippen LogP contribution in [0.1, 0.15) is 26.7 Å². The Labute approximate surface area is 186 Å². The van der Waals surface area contributed by atoms with E-state index in [2.05, 4.69) is 33.6 Å². The van der Waals surface area contributed by atoms with E-state index in [-0.39, 0.29) is 24.7 Å². The number of hydrogen-bond acceptors (Lipinski definition) is 8. The van der Waals surface area contributed by atoms with Crippen molar-refractivity contribution in [2.75, 3.05) is 18.9 Å². The minimum Gasteiger partial charge on any atom is -0.480 e. The second-order valence-corrected chi connectivity index (χ2v) is 7.48. The van der Waals surface area contributed by atoms with Gasteiger partial charge in [0.1, 0.15) is 24.2 Å². The molecule has 0 heterocycles. The van der Waals surface area contributed by atoms with Gasteiger partial charge in [0.25, 0.3) is 0 Å². The Morgan fingerprint density at radius 3 is 2.03 bits per heavy atom. The lowest BCUT2D eigenvalue weighted by atomic mass is 10.0. The number of nitrogens with two attached hydrogens (primary N) is 3. The molecule has 13 nitrogen and oxygen atoms in total. The van der Waals surface area contributed by atoms with Crippen molar-refractivity contribution in [1.82, 2.24) is 16.0 Å². The van der Waals surface area contributed by atoms with Crippen molar-refractivity contribution in [3.8, 4) is 0 Å². The Morgan fingerprint density at radius 1 is 1.00 bits per heavy atom. The summed E-state index contributed by atoms with van der Waals surface area (Å²) in [5.74, 6) is -4.06. The number of aliphatic hydroxyl groups is 1. The Balaban J connectivity index is 5.36. The molecule has 0 aliphatic rings. The Morgan fingerprint density at radius 2 is 1.58 bits per heavy atom. The minimum absolute atomic E-state index is 0.118. The van der Waals surface area contributed by atoms with Crippen LogP contribution in [0.25, 0.3) is 0 Å². The van der Waals surface area contributed by atoms with Gasteiger partial charge in [0.2, 0.25) is 17.7 Å². The predicted molar refractivity (Wildman–Crippen MR) is 117 cm³/mol. The predicted octanol–water partition coefficient (Wildman–Crippen LogP) is -3.52. The lowest BCUT2D eigenvalue weighted by molar-refractivity contribution is -0.142. The summed E-state index contributed by atoms with van der Waals surface area (Å²) in [6, 6.07) is -4.62. The van der Waals surface area contributed by atoms with Crippen molar-refractivity contribution in [2.24, 2.45) is 28.1 Å². The fourth-order valence-electron chi connectivity index (χ4n) is 2.37. The number of rotatable bonds is 14. The second kappa shape index (κ2) is 14.4. The van der Waals surface area contributed by atoms with Gasteiger partial charge in [-0.2, -0.15) is 12.6 Å². The van der Waals surface area contributed by atoms with E-state index in [4.69, 9.17) is 27.4 Å². The molecule has 0 aliphatic heterocycles. The summed E-state index contributed by atoms with van der Waals surface area (Å²) in [6.45, 7) is 2.90. The number of carboxylic acid groups (broad SMARTS) is 1. The van der Waals surface area contributed by atoms with Gasteiger partial charge in [-0.1, -0.05) is 13.8 Å². The maximum absolute atomic E-state index is 12.8. The third-order valence-electron chi connectivity index (χ3n) is 4.16. The summed E-state index contributed by atoms with van der Waals surface area (Å²) in [5.41, 5.74) is 16.0. The molecule has 4 unspecified atom stereocenters. The molecule has 0 aromatic carbocycles. The number of thiol groups is 1. The van der Waals surface area contributed by atoms with Crippen LogP contribution in [0.5, 0.6) is 0 Å². The van der Waals surface area contributed by atoms with Gasteiger partial charge >= 0.3 is 5.97 Å². The van der Waals surface area contributed by atoms with Crippen molar-refractivity contribution in [1.29, 1.82) is 0 Å². The van der Waals surface area contributed by atoms with Crippen LogP contribution in [0.15, 0.2) is 4.99 Å². The normalized spacial score (nSPS) is 14.6. The molecule has 0 saturated carbocycles. The zero-order chi connectivity index (χ0) is 24.1. The molecule has 0 aromatic rings. The molecule has 0 saturated heterocycles. The van der Waals surface area contributed by atoms with E-state index in [9.17, 15) is 19.2 Å². The third-order valence-corrected chi connectivity index (χ3v) is 4.52. The van der Waals surface area contributed by atoms with E-state index in [0.29, 0.717) is 6.42 Å². The Kier molecular flexibility index (Phi) is 13.2. The molecule has 31 heavy (non-hydrogen) atoms. The van der Waals surface area contributed by atoms with Gasteiger partial charge < -0.3 is 43.4 Å². The molecule has 178 valence electrons. The smallest absolute Gasteiger partial charge is 0.327 e. The molecule has 0 radical (unpaired) electrons. The highest BCUT2D eigenvalue weighted by Gasteiger charge is 2.31. The lowest BCUT2D eigenvalue weighted by Gasteiger charge is -2.26. The van der Waals surface area contributed by atoms with Gasteiger partial charge in [-0.15, -0.1) is 0 Å². The van der Waals surface area contributed by atoms with Crippen LogP contribution >= 0.6 is 12.6 Å². The molecule has 0 spiro atoms. The number of nitrogens with zero attached hydrogens (tertiary/aromatic N) is 1. The average molecular weight is 464 g/mol. The summed E-state index contributed by atoms with van der Waals surface area (Å²) in [6.07, 6.45) is 0.442. The van der Waals surface area contributed by atoms with E-state index in [0.717, 1.165) is 0 Å². The molecule has 3 amide bonds. The highest BCUT2D eigenvalue weighted by Crippen LogP contribution is 2.06. The summed E-state index contributed by atoms with van der Waals surface area (Å²) >= 11 is 3.89. The number of hydrogen-bond donors (Lipinski definition) is 9. The van der Waals surface area contributed by atoms with Crippen molar-refractivity contribution < 1.29 is 29.4 Å². The first-order valence-electron chi connectivity index (χ1n) is 9.61. The Hall–Kier alpha value is -2.58. The van der Waals surface area contributed by atoms with E-state index in [1.165, 1.54) is 0 Å². The molecular weight excluding hydrogens is 430 g/mol. The van der Waals surface area contributed by atoms with Crippen LogP contribution in [0.2, 0.25) is 0 Å². The number of nitrogens with one attached hydrogen (secondary N) is 3. The summed E-state index contributed by atoms with van der Waals surface area (Å²) in [4.78, 5) is 52.3. The van der Waals surface area contributed by atoms with Crippen molar-refractivity contribution >= 4 is 42.3 Å². The summed E-state index contributed by atoms with van der Waals surface area (Å²) in [7, 11) is 0. The molecular formula is C17H33N7O6S. The average Bonchev–Trinajstić information content (AvgIpc) is 2.70. The van der Waals surface area contributed by atoms with Crippen molar-refractivity contribution in [2.45, 2.75) is 50.9 Å². The van der Waals surface area contributed by atoms with Gasteiger partial charge in [-0.05, 0) is 18.8 Å². The first-order chi connectivity index (χ1) is 14.4. The fourth-order valence-corrected chi connectivity index (χ4v) is 2.62. The molecule has 11 N–H and O–H groups in total. The molecule has 0 rings (SSSR count). The zero-order valence-electron chi connectivity index (χ0n) is 17.6. The molecule has 0 aliphatic carbocycles. The number of amides is 3. The van der Waals surface area contributed by atoms with Crippen LogP contribution in [0.4, 0.5) is 0 Å². The van der Waals surface area contributed by atoms with Crippen LogP contribution in [-0.4, -0.2) is 82.9 Å². The van der Waals surface area contributed by atoms with Crippen molar-refractivity contribution in [3.63, 3.8) is 0 Å². The van der Waals surface area contributed by atoms with Crippen LogP contribution in [0.3, 0.4) is 0 Å². The zero-order valence-corrected chi connectivity index (χ0v) is 18.5. The van der Waals surface area contributed by atoms with Crippen molar-refractivity contribution in [3.05, 3.63) is 0 Å². The van der Waals surface area contributed by atoms with E-state index in [1.54, 1.807) is 13.8 Å². The van der Waals surface area contributed by atoms with E-state index < -0.39 is 60.4 Å².